The third-order valence-corrected chi connectivity index (χ3v) is 2.78. The van der Waals surface area contributed by atoms with Crippen molar-refractivity contribution in [1.82, 2.24) is 5.32 Å². The first-order chi connectivity index (χ1) is 8.95. The summed E-state index contributed by atoms with van der Waals surface area (Å²) in [6.07, 6.45) is -2.34. The molecule has 5 nitrogen and oxygen atoms in total. The van der Waals surface area contributed by atoms with E-state index in [0.717, 1.165) is 6.07 Å². The van der Waals surface area contributed by atoms with Crippen LogP contribution in [0.2, 0.25) is 0 Å². The summed E-state index contributed by atoms with van der Waals surface area (Å²) in [5.41, 5.74) is 0.505. The molecule has 0 aliphatic carbocycles. The predicted octanol–water partition coefficient (Wildman–Crippen LogP) is 0.238. The molecule has 4 N–H and O–H groups in total. The summed E-state index contributed by atoms with van der Waals surface area (Å²) in [5.74, 6) is -0.788. The predicted molar refractivity (Wildman–Crippen MR) is 66.6 cm³/mol. The molecule has 0 saturated heterocycles. The van der Waals surface area contributed by atoms with Gasteiger partial charge in [0, 0.05) is 13.5 Å². The fourth-order valence-corrected chi connectivity index (χ4v) is 1.75. The van der Waals surface area contributed by atoms with Crippen LogP contribution in [0.25, 0.3) is 0 Å². The van der Waals surface area contributed by atoms with E-state index in [0.29, 0.717) is 5.56 Å². The molecule has 6 heteroatoms. The Labute approximate surface area is 110 Å². The number of aliphatic hydroxyl groups excluding tert-OH is 3. The van der Waals surface area contributed by atoms with Crippen molar-refractivity contribution in [2.24, 2.45) is 0 Å². The number of amides is 1. The Bertz CT molecular complexity index is 439. The number of hydrogen-bond donors (Lipinski definition) is 4. The highest BCUT2D eigenvalue weighted by Gasteiger charge is 2.21. The molecule has 0 aliphatic rings. The first-order valence-electron chi connectivity index (χ1n) is 5.95. The summed E-state index contributed by atoms with van der Waals surface area (Å²) in [4.78, 5) is 10.7. The molecule has 0 spiro atoms. The van der Waals surface area contributed by atoms with Gasteiger partial charge in [0.2, 0.25) is 5.91 Å². The normalized spacial score (nSPS) is 13.9. The average Bonchev–Trinajstić information content (AvgIpc) is 2.37. The second-order valence-electron chi connectivity index (χ2n) is 4.29. The van der Waals surface area contributed by atoms with E-state index in [1.165, 1.54) is 19.1 Å². The van der Waals surface area contributed by atoms with Gasteiger partial charge in [-0.15, -0.1) is 0 Å². The van der Waals surface area contributed by atoms with Gasteiger partial charge in [-0.05, 0) is 29.7 Å². The van der Waals surface area contributed by atoms with E-state index in [1.54, 1.807) is 0 Å². The van der Waals surface area contributed by atoms with E-state index in [-0.39, 0.29) is 31.0 Å². The lowest BCUT2D eigenvalue weighted by Gasteiger charge is -2.20. The molecule has 0 radical (unpaired) electrons. The minimum absolute atomic E-state index is 0.127. The molecule has 1 aromatic carbocycles. The molecule has 106 valence electrons. The SMILES string of the molecule is CC(=O)NCCC(O)C(O)c1cc(F)ccc1CO. The monoisotopic (exact) mass is 271 g/mol. The minimum atomic E-state index is -1.31. The van der Waals surface area contributed by atoms with Gasteiger partial charge in [-0.1, -0.05) is 6.07 Å². The summed E-state index contributed by atoms with van der Waals surface area (Å²) in [6, 6.07) is 3.61. The molecule has 1 amide bonds. The molecular weight excluding hydrogens is 253 g/mol. The molecule has 2 unspecified atom stereocenters. The fourth-order valence-electron chi connectivity index (χ4n) is 1.75. The second kappa shape index (κ2) is 7.18. The number of rotatable bonds is 6. The van der Waals surface area contributed by atoms with Gasteiger partial charge >= 0.3 is 0 Å². The lowest BCUT2D eigenvalue weighted by Crippen LogP contribution is -2.28. The summed E-state index contributed by atoms with van der Waals surface area (Å²) in [5, 5.41) is 31.3. The Hall–Kier alpha value is -1.50. The molecule has 2 atom stereocenters. The quantitative estimate of drug-likeness (QED) is 0.596. The van der Waals surface area contributed by atoms with Gasteiger partial charge in [-0.2, -0.15) is 0 Å². The first kappa shape index (κ1) is 15.6. The van der Waals surface area contributed by atoms with Crippen LogP contribution in [0.3, 0.4) is 0 Å². The van der Waals surface area contributed by atoms with Gasteiger partial charge in [0.1, 0.15) is 11.9 Å². The summed E-state index contributed by atoms with van der Waals surface area (Å²) < 4.78 is 13.1. The van der Waals surface area contributed by atoms with Crippen LogP contribution in [0.4, 0.5) is 4.39 Å². The molecule has 1 rings (SSSR count). The third-order valence-electron chi connectivity index (χ3n) is 2.78. The van der Waals surface area contributed by atoms with Crippen molar-refractivity contribution < 1.29 is 24.5 Å². The van der Waals surface area contributed by atoms with Crippen LogP contribution in [0.5, 0.6) is 0 Å². The maximum Gasteiger partial charge on any atom is 0.216 e. The number of carbonyl (C=O) groups excluding carboxylic acids is 1. The molecule has 0 fully saturated rings. The third kappa shape index (κ3) is 4.59. The Kier molecular flexibility index (Phi) is 5.88. The van der Waals surface area contributed by atoms with Crippen molar-refractivity contribution in [1.29, 1.82) is 0 Å². The van der Waals surface area contributed by atoms with Crippen LogP contribution < -0.4 is 5.32 Å². The average molecular weight is 271 g/mol. The number of benzene rings is 1. The van der Waals surface area contributed by atoms with E-state index in [4.69, 9.17) is 5.11 Å². The van der Waals surface area contributed by atoms with Gasteiger partial charge in [0.25, 0.3) is 0 Å². The van der Waals surface area contributed by atoms with Crippen molar-refractivity contribution in [3.8, 4) is 0 Å². The van der Waals surface area contributed by atoms with Crippen LogP contribution >= 0.6 is 0 Å². The molecule has 1 aromatic rings. The zero-order valence-electron chi connectivity index (χ0n) is 10.6. The lowest BCUT2D eigenvalue weighted by atomic mass is 9.97. The van der Waals surface area contributed by atoms with Crippen molar-refractivity contribution >= 4 is 5.91 Å². The number of carbonyl (C=O) groups is 1. The standard InChI is InChI=1S/C13H18FNO4/c1-8(17)15-5-4-12(18)13(19)11-6-10(14)3-2-9(11)7-16/h2-3,6,12-13,16,18-19H,4-5,7H2,1H3,(H,15,17). The summed E-state index contributed by atoms with van der Waals surface area (Å²) in [6.45, 7) is 1.20. The Balaban J connectivity index is 2.72. The molecule has 0 aromatic heterocycles. The second-order valence-corrected chi connectivity index (χ2v) is 4.29. The summed E-state index contributed by atoms with van der Waals surface area (Å²) in [7, 11) is 0. The smallest absolute Gasteiger partial charge is 0.216 e. The number of nitrogens with one attached hydrogen (secondary N) is 1. The zero-order valence-corrected chi connectivity index (χ0v) is 10.6. The maximum atomic E-state index is 13.1. The topological polar surface area (TPSA) is 89.8 Å². The van der Waals surface area contributed by atoms with Crippen molar-refractivity contribution in [2.45, 2.75) is 32.2 Å². The van der Waals surface area contributed by atoms with Crippen molar-refractivity contribution in [3.05, 3.63) is 35.1 Å². The molecule has 0 bridgehead atoms. The Morgan fingerprint density at radius 2 is 2.11 bits per heavy atom. The van der Waals surface area contributed by atoms with E-state index < -0.39 is 18.0 Å². The largest absolute Gasteiger partial charge is 0.392 e. The van der Waals surface area contributed by atoms with Crippen molar-refractivity contribution in [3.63, 3.8) is 0 Å². The number of aliphatic hydroxyl groups is 3. The molecule has 0 saturated carbocycles. The minimum Gasteiger partial charge on any atom is -0.392 e. The fraction of sp³-hybridized carbons (Fsp3) is 0.462. The van der Waals surface area contributed by atoms with E-state index >= 15 is 0 Å². The van der Waals surface area contributed by atoms with E-state index in [1.807, 2.05) is 0 Å². The molecular formula is C13H18FNO4. The Morgan fingerprint density at radius 1 is 1.42 bits per heavy atom. The zero-order chi connectivity index (χ0) is 14.4. The number of hydrogen-bond acceptors (Lipinski definition) is 4. The number of halogens is 1. The van der Waals surface area contributed by atoms with Crippen molar-refractivity contribution in [2.75, 3.05) is 6.54 Å². The highest BCUT2D eigenvalue weighted by atomic mass is 19.1. The van der Waals surface area contributed by atoms with Crippen LogP contribution in [0, 0.1) is 5.82 Å². The van der Waals surface area contributed by atoms with Crippen LogP contribution in [-0.4, -0.2) is 33.9 Å². The van der Waals surface area contributed by atoms with Crippen LogP contribution in [0.1, 0.15) is 30.6 Å². The highest BCUT2D eigenvalue weighted by molar-refractivity contribution is 5.72. The van der Waals surface area contributed by atoms with E-state index in [9.17, 15) is 19.4 Å². The highest BCUT2D eigenvalue weighted by Crippen LogP contribution is 2.23. The van der Waals surface area contributed by atoms with Gasteiger partial charge < -0.3 is 20.6 Å². The molecule has 0 heterocycles. The first-order valence-corrected chi connectivity index (χ1v) is 5.95. The van der Waals surface area contributed by atoms with Crippen LogP contribution in [0.15, 0.2) is 18.2 Å². The summed E-state index contributed by atoms with van der Waals surface area (Å²) >= 11 is 0. The Morgan fingerprint density at radius 3 is 2.68 bits per heavy atom. The van der Waals surface area contributed by atoms with E-state index in [2.05, 4.69) is 5.32 Å². The molecule has 0 aliphatic heterocycles. The van der Waals surface area contributed by atoms with Crippen LogP contribution in [-0.2, 0) is 11.4 Å². The molecule has 19 heavy (non-hydrogen) atoms. The maximum absolute atomic E-state index is 13.1. The van der Waals surface area contributed by atoms with Gasteiger partial charge in [-0.25, -0.2) is 4.39 Å². The van der Waals surface area contributed by atoms with Gasteiger partial charge in [0.05, 0.1) is 12.7 Å². The lowest BCUT2D eigenvalue weighted by molar-refractivity contribution is -0.119. The van der Waals surface area contributed by atoms with Gasteiger partial charge in [0.15, 0.2) is 0 Å². The van der Waals surface area contributed by atoms with Gasteiger partial charge in [-0.3, -0.25) is 4.79 Å².